The van der Waals surface area contributed by atoms with Crippen molar-refractivity contribution in [2.24, 2.45) is 0 Å². The fourth-order valence-electron chi connectivity index (χ4n) is 4.29. The normalized spacial score (nSPS) is 13.3. The maximum Gasteiger partial charge on any atom is 0.135 e. The Morgan fingerprint density at radius 2 is 1.11 bits per heavy atom. The third-order valence-electron chi connectivity index (χ3n) is 5.43. The molecule has 0 bridgehead atoms. The summed E-state index contributed by atoms with van der Waals surface area (Å²) in [6.45, 7) is 0. The molecule has 5 aromatic rings. The van der Waals surface area contributed by atoms with Crippen molar-refractivity contribution in [3.63, 3.8) is 0 Å². The first kappa shape index (κ1) is 14.6. The molecule has 0 N–H and O–H groups in total. The van der Waals surface area contributed by atoms with Crippen LogP contribution in [0.25, 0.3) is 21.9 Å². The zero-order valence-electron chi connectivity index (χ0n) is 14.6. The van der Waals surface area contributed by atoms with Crippen LogP contribution in [0.1, 0.15) is 22.6 Å². The third kappa shape index (κ3) is 2.07. The van der Waals surface area contributed by atoms with E-state index in [0.29, 0.717) is 0 Å². The highest BCUT2D eigenvalue weighted by Gasteiger charge is 2.30. The van der Waals surface area contributed by atoms with Gasteiger partial charge in [-0.15, -0.1) is 0 Å². The fourth-order valence-corrected chi connectivity index (χ4v) is 4.29. The molecule has 1 aromatic heterocycles. The van der Waals surface area contributed by atoms with Gasteiger partial charge >= 0.3 is 0 Å². The minimum absolute atomic E-state index is 0.107. The van der Waals surface area contributed by atoms with E-state index in [0.717, 1.165) is 28.1 Å². The van der Waals surface area contributed by atoms with Crippen LogP contribution in [0.4, 0.5) is 0 Å². The summed E-state index contributed by atoms with van der Waals surface area (Å²) in [5.41, 5.74) is 5.48. The molecule has 0 spiro atoms. The van der Waals surface area contributed by atoms with Gasteiger partial charge in [-0.3, -0.25) is 0 Å². The molecule has 128 valence electrons. The summed E-state index contributed by atoms with van der Waals surface area (Å²) in [6.07, 6.45) is 0. The van der Waals surface area contributed by atoms with Gasteiger partial charge in [0.15, 0.2) is 0 Å². The molecule has 2 heterocycles. The van der Waals surface area contributed by atoms with Gasteiger partial charge in [-0.05, 0) is 29.8 Å². The lowest BCUT2D eigenvalue weighted by molar-refractivity contribution is 0.453. The second-order valence-corrected chi connectivity index (χ2v) is 6.93. The van der Waals surface area contributed by atoms with Gasteiger partial charge in [-0.25, -0.2) is 0 Å². The first-order valence-electron chi connectivity index (χ1n) is 9.16. The maximum absolute atomic E-state index is 6.19. The molecule has 0 saturated heterocycles. The monoisotopic (exact) mass is 348 g/mol. The number of para-hydroxylation sites is 3. The van der Waals surface area contributed by atoms with E-state index in [1.807, 2.05) is 36.4 Å². The zero-order chi connectivity index (χ0) is 17.8. The van der Waals surface area contributed by atoms with Crippen molar-refractivity contribution in [2.75, 3.05) is 0 Å². The lowest BCUT2D eigenvalue weighted by Gasteiger charge is -2.29. The predicted molar refractivity (Wildman–Crippen MR) is 108 cm³/mol. The predicted octanol–water partition coefficient (Wildman–Crippen LogP) is 6.87. The molecule has 27 heavy (non-hydrogen) atoms. The van der Waals surface area contributed by atoms with E-state index in [-0.39, 0.29) is 5.92 Å². The Morgan fingerprint density at radius 1 is 0.519 bits per heavy atom. The van der Waals surface area contributed by atoms with Gasteiger partial charge in [-0.1, -0.05) is 66.7 Å². The third-order valence-corrected chi connectivity index (χ3v) is 5.43. The second kappa shape index (κ2) is 5.49. The van der Waals surface area contributed by atoms with Gasteiger partial charge in [0.2, 0.25) is 0 Å². The maximum atomic E-state index is 6.19. The van der Waals surface area contributed by atoms with Crippen LogP contribution >= 0.6 is 0 Å². The van der Waals surface area contributed by atoms with Crippen molar-refractivity contribution in [3.05, 3.63) is 108 Å². The molecular formula is C25H16O2. The van der Waals surface area contributed by atoms with Crippen molar-refractivity contribution in [3.8, 4) is 11.5 Å². The SMILES string of the molecule is c1ccc2c(c1)Oc1ccccc1C2c1cccc2oc3ccccc3c12. The number of ether oxygens (including phenoxy) is 1. The van der Waals surface area contributed by atoms with Crippen LogP contribution in [-0.2, 0) is 0 Å². The molecule has 6 rings (SSSR count). The van der Waals surface area contributed by atoms with Crippen LogP contribution in [-0.4, -0.2) is 0 Å². The van der Waals surface area contributed by atoms with Crippen LogP contribution in [0, 0.1) is 0 Å². The van der Waals surface area contributed by atoms with Gasteiger partial charge in [0.25, 0.3) is 0 Å². The summed E-state index contributed by atoms with van der Waals surface area (Å²) in [5, 5.41) is 2.34. The number of rotatable bonds is 1. The number of hydrogen-bond donors (Lipinski definition) is 0. The van der Waals surface area contributed by atoms with Crippen molar-refractivity contribution in [1.29, 1.82) is 0 Å². The summed E-state index contributed by atoms with van der Waals surface area (Å²) in [7, 11) is 0. The van der Waals surface area contributed by atoms with Gasteiger partial charge in [0.05, 0.1) is 0 Å². The van der Waals surface area contributed by atoms with Crippen LogP contribution in [0.2, 0.25) is 0 Å². The summed E-state index contributed by atoms with van der Waals surface area (Å²) >= 11 is 0. The average Bonchev–Trinajstić information content (AvgIpc) is 3.11. The Kier molecular flexibility index (Phi) is 2.97. The van der Waals surface area contributed by atoms with E-state index in [9.17, 15) is 0 Å². The van der Waals surface area contributed by atoms with Gasteiger partial charge < -0.3 is 9.15 Å². The standard InChI is InChI=1S/C25H16O2/c1-4-12-20-16(8-1)24(17-9-2-5-13-21(17)26-20)19-11-7-15-23-25(19)18-10-3-6-14-22(18)27-23/h1-15,24H. The lowest BCUT2D eigenvalue weighted by Crippen LogP contribution is -2.11. The first-order valence-corrected chi connectivity index (χ1v) is 9.16. The van der Waals surface area contributed by atoms with E-state index >= 15 is 0 Å². The molecule has 0 atom stereocenters. The molecule has 0 amide bonds. The van der Waals surface area contributed by atoms with Crippen molar-refractivity contribution in [1.82, 2.24) is 0 Å². The highest BCUT2D eigenvalue weighted by Crippen LogP contribution is 2.49. The highest BCUT2D eigenvalue weighted by atomic mass is 16.5. The Hall–Kier alpha value is -3.52. The summed E-state index contributed by atoms with van der Waals surface area (Å²) in [4.78, 5) is 0. The zero-order valence-corrected chi connectivity index (χ0v) is 14.6. The van der Waals surface area contributed by atoms with Crippen LogP contribution < -0.4 is 4.74 Å². The first-order chi connectivity index (χ1) is 13.4. The number of fused-ring (bicyclic) bond motifs is 5. The molecule has 1 aliphatic heterocycles. The molecular weight excluding hydrogens is 332 g/mol. The van der Waals surface area contributed by atoms with E-state index < -0.39 is 0 Å². The van der Waals surface area contributed by atoms with Crippen LogP contribution in [0.5, 0.6) is 11.5 Å². The highest BCUT2D eigenvalue weighted by molar-refractivity contribution is 6.07. The molecule has 0 saturated carbocycles. The van der Waals surface area contributed by atoms with Gasteiger partial charge in [0, 0.05) is 27.8 Å². The lowest BCUT2D eigenvalue weighted by atomic mass is 9.81. The van der Waals surface area contributed by atoms with Crippen molar-refractivity contribution < 1.29 is 9.15 Å². The van der Waals surface area contributed by atoms with Crippen molar-refractivity contribution >= 4 is 21.9 Å². The van der Waals surface area contributed by atoms with Crippen LogP contribution in [0.3, 0.4) is 0 Å². The smallest absolute Gasteiger partial charge is 0.135 e. The van der Waals surface area contributed by atoms with Crippen LogP contribution in [0.15, 0.2) is 95.4 Å². The summed E-state index contributed by atoms with van der Waals surface area (Å²) in [6, 6.07) is 31.2. The Morgan fingerprint density at radius 3 is 1.89 bits per heavy atom. The van der Waals surface area contributed by atoms with Crippen molar-refractivity contribution in [2.45, 2.75) is 5.92 Å². The number of furan rings is 1. The Balaban J connectivity index is 1.73. The van der Waals surface area contributed by atoms with Gasteiger partial charge in [-0.2, -0.15) is 0 Å². The van der Waals surface area contributed by atoms with E-state index in [4.69, 9.17) is 9.15 Å². The molecule has 1 aliphatic rings. The Labute approximate surface area is 156 Å². The molecule has 0 radical (unpaired) electrons. The minimum atomic E-state index is 0.107. The molecule has 0 fully saturated rings. The molecule has 4 aromatic carbocycles. The molecule has 2 nitrogen and oxygen atoms in total. The van der Waals surface area contributed by atoms with E-state index in [1.54, 1.807) is 0 Å². The average molecular weight is 348 g/mol. The van der Waals surface area contributed by atoms with E-state index in [2.05, 4.69) is 54.6 Å². The molecule has 0 aliphatic carbocycles. The summed E-state index contributed by atoms with van der Waals surface area (Å²) in [5.74, 6) is 1.95. The summed E-state index contributed by atoms with van der Waals surface area (Å²) < 4.78 is 12.3. The largest absolute Gasteiger partial charge is 0.457 e. The Bertz CT molecular complexity index is 1270. The quantitative estimate of drug-likeness (QED) is 0.323. The fraction of sp³-hybridized carbons (Fsp3) is 0.0400. The number of hydrogen-bond acceptors (Lipinski definition) is 2. The minimum Gasteiger partial charge on any atom is -0.457 e. The molecule has 0 unspecified atom stereocenters. The second-order valence-electron chi connectivity index (χ2n) is 6.93. The molecule has 2 heteroatoms. The van der Waals surface area contributed by atoms with E-state index in [1.165, 1.54) is 22.1 Å². The van der Waals surface area contributed by atoms with Gasteiger partial charge in [0.1, 0.15) is 22.7 Å². The topological polar surface area (TPSA) is 22.4 Å². The number of benzene rings is 4.